The fourth-order valence-corrected chi connectivity index (χ4v) is 2.08. The summed E-state index contributed by atoms with van der Waals surface area (Å²) >= 11 is 0. The zero-order valence-corrected chi connectivity index (χ0v) is 11.2. The van der Waals surface area contributed by atoms with Crippen molar-refractivity contribution in [1.29, 1.82) is 0 Å². The number of carbonyl (C=O) groups is 1. The van der Waals surface area contributed by atoms with Gasteiger partial charge in [0, 0.05) is 6.61 Å². The predicted molar refractivity (Wildman–Crippen MR) is 67.9 cm³/mol. The molecule has 0 aromatic heterocycles. The lowest BCUT2D eigenvalue weighted by Gasteiger charge is -2.15. The van der Waals surface area contributed by atoms with Crippen LogP contribution in [0.5, 0.6) is 0 Å². The van der Waals surface area contributed by atoms with Crippen LogP contribution in [0.25, 0.3) is 0 Å². The second-order valence-electron chi connectivity index (χ2n) is 5.32. The van der Waals surface area contributed by atoms with Crippen LogP contribution in [0.2, 0.25) is 0 Å². The summed E-state index contributed by atoms with van der Waals surface area (Å²) in [5, 5.41) is 0. The number of hydrogen-bond donors (Lipinski definition) is 0. The molecule has 0 bridgehead atoms. The lowest BCUT2D eigenvalue weighted by Crippen LogP contribution is -2.19. The van der Waals surface area contributed by atoms with Crippen LogP contribution >= 0.6 is 0 Å². The molecule has 3 heteroatoms. The molecule has 0 radical (unpaired) electrons. The summed E-state index contributed by atoms with van der Waals surface area (Å²) in [4.78, 5) is 11.6. The normalized spacial score (nSPS) is 18.1. The molecule has 0 N–H and O–H groups in total. The zero-order chi connectivity index (χ0) is 12.5. The van der Waals surface area contributed by atoms with E-state index in [0.29, 0.717) is 18.9 Å². The summed E-state index contributed by atoms with van der Waals surface area (Å²) in [6.45, 7) is 5.41. The molecule has 0 heterocycles. The molecular weight excluding hydrogens is 216 g/mol. The van der Waals surface area contributed by atoms with E-state index < -0.39 is 0 Å². The maximum Gasteiger partial charge on any atom is 0.308 e. The SMILES string of the molecule is CC(C)COCCC(=O)OC1CCCCCC1. The summed E-state index contributed by atoms with van der Waals surface area (Å²) in [6, 6.07) is 0. The Morgan fingerprint density at radius 3 is 2.41 bits per heavy atom. The van der Waals surface area contributed by atoms with Crippen LogP contribution in [0.1, 0.15) is 58.8 Å². The molecule has 0 spiro atoms. The quantitative estimate of drug-likeness (QED) is 0.407. The Morgan fingerprint density at radius 1 is 1.18 bits per heavy atom. The van der Waals surface area contributed by atoms with E-state index in [1.807, 2.05) is 0 Å². The van der Waals surface area contributed by atoms with E-state index >= 15 is 0 Å². The van der Waals surface area contributed by atoms with Gasteiger partial charge in [0.15, 0.2) is 0 Å². The molecule has 3 nitrogen and oxygen atoms in total. The Kier molecular flexibility index (Phi) is 7.25. The van der Waals surface area contributed by atoms with E-state index in [9.17, 15) is 4.79 Å². The molecule has 0 amide bonds. The first-order valence-electron chi connectivity index (χ1n) is 6.95. The van der Waals surface area contributed by atoms with Crippen molar-refractivity contribution in [3.05, 3.63) is 0 Å². The van der Waals surface area contributed by atoms with Gasteiger partial charge < -0.3 is 9.47 Å². The molecule has 1 rings (SSSR count). The molecule has 100 valence electrons. The van der Waals surface area contributed by atoms with Crippen LogP contribution in [0.4, 0.5) is 0 Å². The second kappa shape index (κ2) is 8.51. The van der Waals surface area contributed by atoms with Gasteiger partial charge in [-0.25, -0.2) is 0 Å². The second-order valence-corrected chi connectivity index (χ2v) is 5.32. The fourth-order valence-electron chi connectivity index (χ4n) is 2.08. The highest BCUT2D eigenvalue weighted by Gasteiger charge is 2.16. The number of ether oxygens (including phenoxy) is 2. The Hall–Kier alpha value is -0.570. The third kappa shape index (κ3) is 7.37. The molecule has 0 aromatic carbocycles. The van der Waals surface area contributed by atoms with Gasteiger partial charge in [0.25, 0.3) is 0 Å². The van der Waals surface area contributed by atoms with Gasteiger partial charge >= 0.3 is 5.97 Å². The zero-order valence-electron chi connectivity index (χ0n) is 11.2. The van der Waals surface area contributed by atoms with E-state index in [1.165, 1.54) is 25.7 Å². The average Bonchev–Trinajstić information content (AvgIpc) is 2.53. The van der Waals surface area contributed by atoms with Gasteiger partial charge in [0.05, 0.1) is 13.0 Å². The monoisotopic (exact) mass is 242 g/mol. The lowest BCUT2D eigenvalue weighted by molar-refractivity contribution is -0.150. The molecule has 0 aliphatic heterocycles. The van der Waals surface area contributed by atoms with E-state index in [0.717, 1.165) is 19.4 Å². The van der Waals surface area contributed by atoms with E-state index in [2.05, 4.69) is 13.8 Å². The molecule has 0 aromatic rings. The minimum absolute atomic E-state index is 0.0966. The van der Waals surface area contributed by atoms with Crippen LogP contribution < -0.4 is 0 Å². The lowest BCUT2D eigenvalue weighted by atomic mass is 10.1. The minimum Gasteiger partial charge on any atom is -0.462 e. The van der Waals surface area contributed by atoms with Gasteiger partial charge in [-0.1, -0.05) is 26.7 Å². The maximum absolute atomic E-state index is 11.6. The van der Waals surface area contributed by atoms with E-state index in [4.69, 9.17) is 9.47 Å². The highest BCUT2D eigenvalue weighted by atomic mass is 16.5. The van der Waals surface area contributed by atoms with Crippen molar-refractivity contribution in [3.63, 3.8) is 0 Å². The van der Waals surface area contributed by atoms with E-state index in [1.54, 1.807) is 0 Å². The van der Waals surface area contributed by atoms with Gasteiger partial charge in [-0.2, -0.15) is 0 Å². The van der Waals surface area contributed by atoms with E-state index in [-0.39, 0.29) is 12.1 Å². The van der Waals surface area contributed by atoms with Crippen molar-refractivity contribution < 1.29 is 14.3 Å². The van der Waals surface area contributed by atoms with Gasteiger partial charge in [-0.15, -0.1) is 0 Å². The van der Waals surface area contributed by atoms with Crippen molar-refractivity contribution in [1.82, 2.24) is 0 Å². The third-order valence-corrected chi connectivity index (χ3v) is 3.00. The third-order valence-electron chi connectivity index (χ3n) is 3.00. The summed E-state index contributed by atoms with van der Waals surface area (Å²) < 4.78 is 10.8. The Labute approximate surface area is 105 Å². The number of hydrogen-bond acceptors (Lipinski definition) is 3. The topological polar surface area (TPSA) is 35.5 Å². The minimum atomic E-state index is -0.0966. The van der Waals surface area contributed by atoms with Crippen LogP contribution in [0, 0.1) is 5.92 Å². The van der Waals surface area contributed by atoms with Crippen LogP contribution in [-0.4, -0.2) is 25.3 Å². The number of esters is 1. The maximum atomic E-state index is 11.6. The smallest absolute Gasteiger partial charge is 0.308 e. The van der Waals surface area contributed by atoms with Gasteiger partial charge in [0.2, 0.25) is 0 Å². The van der Waals surface area contributed by atoms with Crippen molar-refractivity contribution in [2.24, 2.45) is 5.92 Å². The first-order valence-corrected chi connectivity index (χ1v) is 6.95. The van der Waals surface area contributed by atoms with Crippen LogP contribution in [0.15, 0.2) is 0 Å². The van der Waals surface area contributed by atoms with Crippen molar-refractivity contribution in [2.45, 2.75) is 64.9 Å². The summed E-state index contributed by atoms with van der Waals surface area (Å²) in [6.07, 6.45) is 7.59. The fraction of sp³-hybridized carbons (Fsp3) is 0.929. The Morgan fingerprint density at radius 2 is 1.82 bits per heavy atom. The molecule has 1 saturated carbocycles. The Bertz CT molecular complexity index is 206. The first-order chi connectivity index (χ1) is 8.18. The highest BCUT2D eigenvalue weighted by molar-refractivity contribution is 5.69. The molecule has 1 aliphatic carbocycles. The van der Waals surface area contributed by atoms with Crippen molar-refractivity contribution in [2.75, 3.05) is 13.2 Å². The first kappa shape index (κ1) is 14.5. The molecule has 1 fully saturated rings. The van der Waals surface area contributed by atoms with Crippen molar-refractivity contribution in [3.8, 4) is 0 Å². The standard InChI is InChI=1S/C14H26O3/c1-12(2)11-16-10-9-14(15)17-13-7-5-3-4-6-8-13/h12-13H,3-11H2,1-2H3. The predicted octanol–water partition coefficient (Wildman–Crippen LogP) is 3.32. The van der Waals surface area contributed by atoms with Gasteiger partial charge in [-0.3, -0.25) is 4.79 Å². The molecule has 0 saturated heterocycles. The molecule has 0 atom stereocenters. The van der Waals surface area contributed by atoms with Crippen LogP contribution in [0.3, 0.4) is 0 Å². The highest BCUT2D eigenvalue weighted by Crippen LogP contribution is 2.20. The summed E-state index contributed by atoms with van der Waals surface area (Å²) in [7, 11) is 0. The van der Waals surface area contributed by atoms with Crippen molar-refractivity contribution >= 4 is 5.97 Å². The van der Waals surface area contributed by atoms with Gasteiger partial charge in [0.1, 0.15) is 6.10 Å². The Balaban J connectivity index is 2.07. The average molecular weight is 242 g/mol. The number of rotatable bonds is 6. The largest absolute Gasteiger partial charge is 0.462 e. The summed E-state index contributed by atoms with van der Waals surface area (Å²) in [5.41, 5.74) is 0. The molecule has 1 aliphatic rings. The molecule has 0 unspecified atom stereocenters. The summed E-state index contributed by atoms with van der Waals surface area (Å²) in [5.74, 6) is 0.425. The molecular formula is C14H26O3. The molecule has 17 heavy (non-hydrogen) atoms. The van der Waals surface area contributed by atoms with Gasteiger partial charge in [-0.05, 0) is 31.6 Å². The van der Waals surface area contributed by atoms with Crippen LogP contribution in [-0.2, 0) is 14.3 Å². The number of carbonyl (C=O) groups excluding carboxylic acids is 1.